The van der Waals surface area contributed by atoms with E-state index in [1.165, 1.54) is 25.3 Å². The molecule has 2 rings (SSSR count). The number of hydrogen-bond donors (Lipinski definition) is 2. The predicted octanol–water partition coefficient (Wildman–Crippen LogP) is 2.89. The van der Waals surface area contributed by atoms with Crippen molar-refractivity contribution < 1.29 is 27.8 Å². The number of alkyl halides is 3. The standard InChI is InChI=1S/C11H8F3NO3/c1-18-5-2-3-7-6(4-5)8(10(16)17)9(15-7)11(12,13)14/h2-4,15H,1H3,(H,16,17). The predicted molar refractivity (Wildman–Crippen MR) is 56.8 cm³/mol. The molecule has 0 fully saturated rings. The van der Waals surface area contributed by atoms with Crippen molar-refractivity contribution in [2.24, 2.45) is 0 Å². The number of halogens is 3. The maximum Gasteiger partial charge on any atom is 0.432 e. The summed E-state index contributed by atoms with van der Waals surface area (Å²) in [5, 5.41) is 8.89. The summed E-state index contributed by atoms with van der Waals surface area (Å²) in [6, 6.07) is 4.05. The van der Waals surface area contributed by atoms with Gasteiger partial charge in [0.2, 0.25) is 0 Å². The van der Waals surface area contributed by atoms with Crippen LogP contribution in [0, 0.1) is 0 Å². The molecule has 0 aliphatic rings. The number of hydrogen-bond acceptors (Lipinski definition) is 2. The summed E-state index contributed by atoms with van der Waals surface area (Å²) in [5.74, 6) is -1.35. The van der Waals surface area contributed by atoms with Gasteiger partial charge >= 0.3 is 12.1 Å². The number of fused-ring (bicyclic) bond motifs is 1. The highest BCUT2D eigenvalue weighted by molar-refractivity contribution is 6.05. The summed E-state index contributed by atoms with van der Waals surface area (Å²) < 4.78 is 43.0. The Morgan fingerprint density at radius 2 is 2.06 bits per heavy atom. The molecule has 0 aliphatic carbocycles. The molecule has 1 aromatic heterocycles. The molecular formula is C11H8F3NO3. The zero-order valence-corrected chi connectivity index (χ0v) is 9.13. The van der Waals surface area contributed by atoms with Crippen molar-refractivity contribution in [3.8, 4) is 5.75 Å². The Morgan fingerprint density at radius 3 is 2.56 bits per heavy atom. The fourth-order valence-corrected chi connectivity index (χ4v) is 1.73. The molecule has 1 aromatic carbocycles. The van der Waals surface area contributed by atoms with Crippen LogP contribution >= 0.6 is 0 Å². The Kier molecular flexibility index (Phi) is 2.68. The maximum atomic E-state index is 12.7. The molecule has 2 aromatic rings. The number of aromatic nitrogens is 1. The summed E-state index contributed by atoms with van der Waals surface area (Å²) >= 11 is 0. The Morgan fingerprint density at radius 1 is 1.39 bits per heavy atom. The number of aromatic amines is 1. The van der Waals surface area contributed by atoms with Crippen LogP contribution in [0.25, 0.3) is 10.9 Å². The number of benzene rings is 1. The minimum atomic E-state index is -4.75. The molecule has 0 saturated heterocycles. The van der Waals surface area contributed by atoms with Crippen LogP contribution in [0.4, 0.5) is 13.2 Å². The first-order chi connectivity index (χ1) is 8.34. The lowest BCUT2D eigenvalue weighted by atomic mass is 10.1. The van der Waals surface area contributed by atoms with E-state index in [0.717, 1.165) is 0 Å². The number of aromatic carboxylic acids is 1. The Bertz CT molecular complexity index is 616. The number of rotatable bonds is 2. The second kappa shape index (κ2) is 3.94. The summed E-state index contributed by atoms with van der Waals surface area (Å²) in [4.78, 5) is 13.1. The van der Waals surface area contributed by atoms with E-state index in [-0.39, 0.29) is 16.7 Å². The smallest absolute Gasteiger partial charge is 0.432 e. The van der Waals surface area contributed by atoms with E-state index in [4.69, 9.17) is 9.84 Å². The van der Waals surface area contributed by atoms with Gasteiger partial charge in [0.05, 0.1) is 12.7 Å². The van der Waals surface area contributed by atoms with E-state index in [2.05, 4.69) is 4.98 Å². The molecule has 0 unspecified atom stereocenters. The highest BCUT2D eigenvalue weighted by Gasteiger charge is 2.38. The van der Waals surface area contributed by atoms with Gasteiger partial charge in [-0.1, -0.05) is 0 Å². The number of methoxy groups -OCH3 is 1. The summed E-state index contributed by atoms with van der Waals surface area (Å²) in [7, 11) is 1.35. The largest absolute Gasteiger partial charge is 0.497 e. The number of ether oxygens (including phenoxy) is 1. The van der Waals surface area contributed by atoms with Gasteiger partial charge in [0.15, 0.2) is 0 Å². The number of carbonyl (C=O) groups is 1. The highest BCUT2D eigenvalue weighted by Crippen LogP contribution is 2.36. The van der Waals surface area contributed by atoms with Crippen LogP contribution in [0.3, 0.4) is 0 Å². The SMILES string of the molecule is COc1ccc2[nH]c(C(F)(F)F)c(C(=O)O)c2c1. The third kappa shape index (κ3) is 1.87. The van der Waals surface area contributed by atoms with Crippen molar-refractivity contribution in [3.63, 3.8) is 0 Å². The van der Waals surface area contributed by atoms with E-state index in [1.807, 2.05) is 0 Å². The Hall–Kier alpha value is -2.18. The average Bonchev–Trinajstić information content (AvgIpc) is 2.66. The summed E-state index contributed by atoms with van der Waals surface area (Å²) in [6.45, 7) is 0. The molecule has 0 saturated carbocycles. The topological polar surface area (TPSA) is 62.3 Å². The van der Waals surface area contributed by atoms with E-state index in [9.17, 15) is 18.0 Å². The molecule has 96 valence electrons. The molecule has 18 heavy (non-hydrogen) atoms. The molecule has 0 aliphatic heterocycles. The third-order valence-electron chi connectivity index (χ3n) is 2.50. The zero-order valence-electron chi connectivity index (χ0n) is 9.13. The lowest BCUT2D eigenvalue weighted by molar-refractivity contribution is -0.141. The molecule has 0 amide bonds. The normalized spacial score (nSPS) is 11.8. The van der Waals surface area contributed by atoms with Crippen molar-refractivity contribution in [2.45, 2.75) is 6.18 Å². The highest BCUT2D eigenvalue weighted by atomic mass is 19.4. The number of carboxylic acid groups (broad SMARTS) is 1. The van der Waals surface area contributed by atoms with Gasteiger partial charge < -0.3 is 14.8 Å². The summed E-state index contributed by atoms with van der Waals surface area (Å²) in [6.07, 6.45) is -4.75. The quantitative estimate of drug-likeness (QED) is 0.871. The van der Waals surface area contributed by atoms with E-state index in [1.54, 1.807) is 0 Å². The molecule has 0 radical (unpaired) electrons. The van der Waals surface area contributed by atoms with Gasteiger partial charge in [0, 0.05) is 10.9 Å². The number of H-pyrrole nitrogens is 1. The number of carboxylic acids is 1. The van der Waals surface area contributed by atoms with E-state index >= 15 is 0 Å². The van der Waals surface area contributed by atoms with E-state index in [0.29, 0.717) is 0 Å². The molecular weight excluding hydrogens is 251 g/mol. The fourth-order valence-electron chi connectivity index (χ4n) is 1.73. The maximum absolute atomic E-state index is 12.7. The van der Waals surface area contributed by atoms with E-state index < -0.39 is 23.4 Å². The molecule has 0 spiro atoms. The Balaban J connectivity index is 2.81. The first-order valence-corrected chi connectivity index (χ1v) is 4.85. The van der Waals surface area contributed by atoms with Crippen molar-refractivity contribution >= 4 is 16.9 Å². The average molecular weight is 259 g/mol. The Labute approximate surface area is 99.0 Å². The van der Waals surface area contributed by atoms with Crippen molar-refractivity contribution in [1.82, 2.24) is 4.98 Å². The van der Waals surface area contributed by atoms with Crippen LogP contribution in [-0.4, -0.2) is 23.2 Å². The van der Waals surface area contributed by atoms with Crippen molar-refractivity contribution in [3.05, 3.63) is 29.5 Å². The van der Waals surface area contributed by atoms with Gasteiger partial charge in [-0.05, 0) is 18.2 Å². The van der Waals surface area contributed by atoms with Crippen molar-refractivity contribution in [2.75, 3.05) is 7.11 Å². The lowest BCUT2D eigenvalue weighted by Gasteiger charge is -2.04. The zero-order chi connectivity index (χ0) is 13.5. The molecule has 0 atom stereocenters. The minimum absolute atomic E-state index is 0.0332. The first-order valence-electron chi connectivity index (χ1n) is 4.85. The first kappa shape index (κ1) is 12.3. The molecule has 4 nitrogen and oxygen atoms in total. The van der Waals surface area contributed by atoms with Crippen LogP contribution < -0.4 is 4.74 Å². The van der Waals surface area contributed by atoms with Gasteiger partial charge in [-0.3, -0.25) is 0 Å². The second-order valence-corrected chi connectivity index (χ2v) is 3.59. The van der Waals surface area contributed by atoms with Gasteiger partial charge in [-0.15, -0.1) is 0 Å². The third-order valence-corrected chi connectivity index (χ3v) is 2.50. The monoisotopic (exact) mass is 259 g/mol. The van der Waals surface area contributed by atoms with Crippen LogP contribution in [0.1, 0.15) is 16.1 Å². The molecule has 7 heteroatoms. The molecule has 2 N–H and O–H groups in total. The number of nitrogens with one attached hydrogen (secondary N) is 1. The van der Waals surface area contributed by atoms with Crippen LogP contribution in [-0.2, 0) is 6.18 Å². The second-order valence-electron chi connectivity index (χ2n) is 3.59. The minimum Gasteiger partial charge on any atom is -0.497 e. The van der Waals surface area contributed by atoms with Crippen LogP contribution in [0.5, 0.6) is 5.75 Å². The van der Waals surface area contributed by atoms with Gasteiger partial charge in [0.1, 0.15) is 11.4 Å². The van der Waals surface area contributed by atoms with Crippen LogP contribution in [0.15, 0.2) is 18.2 Å². The van der Waals surface area contributed by atoms with Gasteiger partial charge in [-0.25, -0.2) is 4.79 Å². The van der Waals surface area contributed by atoms with Gasteiger partial charge in [0.25, 0.3) is 0 Å². The molecule has 1 heterocycles. The molecule has 0 bridgehead atoms. The van der Waals surface area contributed by atoms with Crippen LogP contribution in [0.2, 0.25) is 0 Å². The van der Waals surface area contributed by atoms with Crippen molar-refractivity contribution in [1.29, 1.82) is 0 Å². The fraction of sp³-hybridized carbons (Fsp3) is 0.182. The lowest BCUT2D eigenvalue weighted by Crippen LogP contribution is -2.11. The summed E-state index contributed by atoms with van der Waals surface area (Å²) in [5.41, 5.74) is -1.96. The van der Waals surface area contributed by atoms with Gasteiger partial charge in [-0.2, -0.15) is 13.2 Å².